The maximum atomic E-state index is 12.4. The summed E-state index contributed by atoms with van der Waals surface area (Å²) in [5.74, 6) is 1.38. The summed E-state index contributed by atoms with van der Waals surface area (Å²) >= 11 is 0. The lowest BCUT2D eigenvalue weighted by Crippen LogP contribution is -2.34. The van der Waals surface area contributed by atoms with Crippen molar-refractivity contribution >= 4 is 5.91 Å². The van der Waals surface area contributed by atoms with Gasteiger partial charge in [-0.15, -0.1) is 0 Å². The van der Waals surface area contributed by atoms with E-state index in [-0.39, 0.29) is 12.0 Å². The van der Waals surface area contributed by atoms with Gasteiger partial charge in [-0.2, -0.15) is 0 Å². The van der Waals surface area contributed by atoms with Crippen molar-refractivity contribution in [3.8, 4) is 5.75 Å². The van der Waals surface area contributed by atoms with Gasteiger partial charge in [0.25, 0.3) is 0 Å². The maximum absolute atomic E-state index is 12.4. The van der Waals surface area contributed by atoms with Crippen molar-refractivity contribution in [1.29, 1.82) is 0 Å². The summed E-state index contributed by atoms with van der Waals surface area (Å²) < 4.78 is 5.16. The highest BCUT2D eigenvalue weighted by Gasteiger charge is 2.27. The normalized spacial score (nSPS) is 17.2. The number of benzene rings is 1. The van der Waals surface area contributed by atoms with Crippen LogP contribution in [0.2, 0.25) is 0 Å². The second-order valence-electron chi connectivity index (χ2n) is 5.38. The Morgan fingerprint density at radius 2 is 1.84 bits per heavy atom. The summed E-state index contributed by atoms with van der Waals surface area (Å²) in [5, 5.41) is 0. The number of hydrogen-bond donors (Lipinski definition) is 0. The monoisotopic (exact) mass is 261 g/mol. The molecule has 1 amide bonds. The van der Waals surface area contributed by atoms with Gasteiger partial charge >= 0.3 is 0 Å². The van der Waals surface area contributed by atoms with Gasteiger partial charge in [0.05, 0.1) is 13.2 Å². The Hall–Kier alpha value is -1.51. The molecule has 0 N–H and O–H groups in total. The molecule has 3 nitrogen and oxygen atoms in total. The molecule has 104 valence electrons. The average molecular weight is 261 g/mol. The van der Waals surface area contributed by atoms with Crippen LogP contribution < -0.4 is 4.74 Å². The van der Waals surface area contributed by atoms with Crippen LogP contribution in [-0.4, -0.2) is 25.0 Å². The van der Waals surface area contributed by atoms with Gasteiger partial charge < -0.3 is 9.64 Å². The Bertz CT molecular complexity index is 421. The lowest BCUT2D eigenvalue weighted by atomic mass is 10.0. The number of ether oxygens (including phenoxy) is 1. The molecule has 19 heavy (non-hydrogen) atoms. The maximum Gasteiger partial charge on any atom is 0.225 e. The second-order valence-corrected chi connectivity index (χ2v) is 5.38. The highest BCUT2D eigenvalue weighted by atomic mass is 16.5. The van der Waals surface area contributed by atoms with E-state index in [9.17, 15) is 4.79 Å². The van der Waals surface area contributed by atoms with Gasteiger partial charge in [-0.25, -0.2) is 0 Å². The van der Waals surface area contributed by atoms with Crippen LogP contribution in [0.3, 0.4) is 0 Å². The molecule has 0 radical (unpaired) electrons. The quantitative estimate of drug-likeness (QED) is 0.831. The highest BCUT2D eigenvalue weighted by Crippen LogP contribution is 2.29. The van der Waals surface area contributed by atoms with Crippen molar-refractivity contribution in [3.63, 3.8) is 0 Å². The third kappa shape index (κ3) is 3.09. The zero-order valence-electron chi connectivity index (χ0n) is 12.1. The summed E-state index contributed by atoms with van der Waals surface area (Å²) in [6, 6.07) is 8.06. The van der Waals surface area contributed by atoms with Crippen LogP contribution in [0.15, 0.2) is 24.3 Å². The van der Waals surface area contributed by atoms with Gasteiger partial charge in [-0.3, -0.25) is 4.79 Å². The fraction of sp³-hybridized carbons (Fsp3) is 0.562. The molecule has 0 aromatic heterocycles. The summed E-state index contributed by atoms with van der Waals surface area (Å²) in [4.78, 5) is 14.3. The molecular weight excluding hydrogens is 238 g/mol. The van der Waals surface area contributed by atoms with Gasteiger partial charge in [-0.1, -0.05) is 25.0 Å². The molecule has 1 atom stereocenters. The number of rotatable bonds is 4. The van der Waals surface area contributed by atoms with E-state index < -0.39 is 0 Å². The largest absolute Gasteiger partial charge is 0.497 e. The van der Waals surface area contributed by atoms with Crippen LogP contribution in [0.25, 0.3) is 0 Å². The Morgan fingerprint density at radius 3 is 2.37 bits per heavy atom. The second kappa shape index (κ2) is 6.09. The summed E-state index contributed by atoms with van der Waals surface area (Å²) in [7, 11) is 3.57. The topological polar surface area (TPSA) is 29.5 Å². The first-order chi connectivity index (χ1) is 9.13. The summed E-state index contributed by atoms with van der Waals surface area (Å²) in [6.45, 7) is 2.08. The number of nitrogens with zero attached hydrogens (tertiary/aromatic N) is 1. The number of carbonyl (C=O) groups excluding carboxylic acids is 1. The van der Waals surface area contributed by atoms with E-state index in [1.807, 2.05) is 36.2 Å². The SMILES string of the molecule is COc1ccc(C(C)N(C)C(=O)C2CCCC2)cc1. The molecule has 0 bridgehead atoms. The number of amides is 1. The minimum atomic E-state index is 0.110. The van der Waals surface area contributed by atoms with Gasteiger partial charge in [0.15, 0.2) is 0 Å². The van der Waals surface area contributed by atoms with E-state index in [0.717, 1.165) is 24.2 Å². The molecule has 1 saturated carbocycles. The van der Waals surface area contributed by atoms with E-state index in [0.29, 0.717) is 5.91 Å². The van der Waals surface area contributed by atoms with Gasteiger partial charge in [0.2, 0.25) is 5.91 Å². The molecule has 0 spiro atoms. The van der Waals surface area contributed by atoms with Crippen molar-refractivity contribution in [3.05, 3.63) is 29.8 Å². The van der Waals surface area contributed by atoms with Crippen molar-refractivity contribution in [2.45, 2.75) is 38.6 Å². The smallest absolute Gasteiger partial charge is 0.225 e. The molecule has 1 aliphatic rings. The van der Waals surface area contributed by atoms with Gasteiger partial charge in [0, 0.05) is 13.0 Å². The molecule has 1 fully saturated rings. The molecule has 2 rings (SSSR count). The molecule has 1 unspecified atom stereocenters. The Kier molecular flexibility index (Phi) is 4.46. The zero-order chi connectivity index (χ0) is 13.8. The van der Waals surface area contributed by atoms with Gasteiger partial charge in [-0.05, 0) is 37.5 Å². The molecule has 0 saturated heterocycles. The summed E-state index contributed by atoms with van der Waals surface area (Å²) in [6.07, 6.45) is 4.50. The lowest BCUT2D eigenvalue weighted by Gasteiger charge is -2.28. The van der Waals surface area contributed by atoms with Crippen LogP contribution in [-0.2, 0) is 4.79 Å². The van der Waals surface area contributed by atoms with Crippen LogP contribution in [0.4, 0.5) is 0 Å². The third-order valence-electron chi connectivity index (χ3n) is 4.23. The predicted molar refractivity (Wildman–Crippen MR) is 76.1 cm³/mol. The Balaban J connectivity index is 2.04. The van der Waals surface area contributed by atoms with E-state index >= 15 is 0 Å². The molecule has 1 aromatic rings. The fourth-order valence-electron chi connectivity index (χ4n) is 2.76. The van der Waals surface area contributed by atoms with Gasteiger partial charge in [0.1, 0.15) is 5.75 Å². The van der Waals surface area contributed by atoms with Crippen molar-refractivity contribution < 1.29 is 9.53 Å². The fourth-order valence-corrected chi connectivity index (χ4v) is 2.76. The molecule has 1 aliphatic carbocycles. The van der Waals surface area contributed by atoms with Crippen molar-refractivity contribution in [2.24, 2.45) is 5.92 Å². The Morgan fingerprint density at radius 1 is 1.26 bits per heavy atom. The number of methoxy groups -OCH3 is 1. The third-order valence-corrected chi connectivity index (χ3v) is 4.23. The number of carbonyl (C=O) groups is 1. The van der Waals surface area contributed by atoms with Crippen molar-refractivity contribution in [1.82, 2.24) is 4.90 Å². The summed E-state index contributed by atoms with van der Waals surface area (Å²) in [5.41, 5.74) is 1.15. The molecule has 0 aliphatic heterocycles. The van der Waals surface area contributed by atoms with Crippen LogP contribution >= 0.6 is 0 Å². The predicted octanol–water partition coefficient (Wildman–Crippen LogP) is 3.40. The molecular formula is C16H23NO2. The standard InChI is InChI=1S/C16H23NO2/c1-12(13-8-10-15(19-3)11-9-13)17(2)16(18)14-6-4-5-7-14/h8-12,14H,4-7H2,1-3H3. The molecule has 0 heterocycles. The lowest BCUT2D eigenvalue weighted by molar-refractivity contribution is -0.135. The van der Waals surface area contributed by atoms with E-state index in [1.165, 1.54) is 12.8 Å². The first-order valence-electron chi connectivity index (χ1n) is 7.04. The number of hydrogen-bond acceptors (Lipinski definition) is 2. The first-order valence-corrected chi connectivity index (χ1v) is 7.04. The van der Waals surface area contributed by atoms with Crippen LogP contribution in [0.1, 0.15) is 44.2 Å². The van der Waals surface area contributed by atoms with Crippen LogP contribution in [0.5, 0.6) is 5.75 Å². The first kappa shape index (κ1) is 13.9. The van der Waals surface area contributed by atoms with E-state index in [2.05, 4.69) is 6.92 Å². The van der Waals surface area contributed by atoms with Crippen LogP contribution in [0, 0.1) is 5.92 Å². The van der Waals surface area contributed by atoms with Crippen molar-refractivity contribution in [2.75, 3.05) is 14.2 Å². The Labute approximate surface area is 115 Å². The van der Waals surface area contributed by atoms with E-state index in [1.54, 1.807) is 7.11 Å². The molecule has 1 aromatic carbocycles. The van der Waals surface area contributed by atoms with E-state index in [4.69, 9.17) is 4.74 Å². The molecule has 3 heteroatoms. The zero-order valence-corrected chi connectivity index (χ0v) is 12.1. The minimum Gasteiger partial charge on any atom is -0.497 e. The highest BCUT2D eigenvalue weighted by molar-refractivity contribution is 5.79. The minimum absolute atomic E-state index is 0.110. The average Bonchev–Trinajstić information content (AvgIpc) is 2.99.